The number of thiophene rings is 1. The minimum atomic E-state index is 0.506. The zero-order valence-corrected chi connectivity index (χ0v) is 11.8. The number of nitrogens with two attached hydrogens (primary N) is 1. The molecular weight excluding hydrogens is 274 g/mol. The van der Waals surface area contributed by atoms with E-state index in [1.807, 2.05) is 18.2 Å². The molecule has 0 aliphatic rings. The lowest BCUT2D eigenvalue weighted by molar-refractivity contribution is 0.211. The van der Waals surface area contributed by atoms with Gasteiger partial charge in [-0.1, -0.05) is 0 Å². The van der Waals surface area contributed by atoms with Crippen LogP contribution in [-0.2, 0) is 4.74 Å². The van der Waals surface area contributed by atoms with Crippen LogP contribution in [0, 0.1) is 0 Å². The monoisotopic (exact) mass is 289 g/mol. The molecular formula is C13H15N5OS. The van der Waals surface area contributed by atoms with Gasteiger partial charge in [0.05, 0.1) is 33.1 Å². The lowest BCUT2D eigenvalue weighted by Gasteiger charge is -2.07. The van der Waals surface area contributed by atoms with Crippen molar-refractivity contribution in [3.05, 3.63) is 24.4 Å². The van der Waals surface area contributed by atoms with Gasteiger partial charge in [-0.2, -0.15) is 5.10 Å². The van der Waals surface area contributed by atoms with Gasteiger partial charge in [0.25, 0.3) is 0 Å². The number of aromatic nitrogens is 3. The molecule has 3 rings (SSSR count). The summed E-state index contributed by atoms with van der Waals surface area (Å²) >= 11 is 1.66. The van der Waals surface area contributed by atoms with Crippen LogP contribution in [0.5, 0.6) is 0 Å². The van der Waals surface area contributed by atoms with Gasteiger partial charge in [-0.05, 0) is 12.1 Å². The van der Waals surface area contributed by atoms with E-state index in [9.17, 15) is 0 Å². The maximum Gasteiger partial charge on any atom is 0.126 e. The summed E-state index contributed by atoms with van der Waals surface area (Å²) in [5, 5.41) is 10.3. The van der Waals surface area contributed by atoms with Gasteiger partial charge in [-0.15, -0.1) is 11.3 Å². The van der Waals surface area contributed by atoms with Crippen molar-refractivity contribution in [3.63, 3.8) is 0 Å². The number of nitrogen functional groups attached to an aromatic ring is 1. The number of hydrogen-bond donors (Lipinski definition) is 3. The largest absolute Gasteiger partial charge is 0.384 e. The second kappa shape index (κ2) is 5.48. The van der Waals surface area contributed by atoms with Crippen molar-refractivity contribution in [1.29, 1.82) is 0 Å². The second-order valence-corrected chi connectivity index (χ2v) is 5.36. The average Bonchev–Trinajstić information content (AvgIpc) is 3.06. The summed E-state index contributed by atoms with van der Waals surface area (Å²) in [6, 6.07) is 5.81. The number of nitrogens with one attached hydrogen (secondary N) is 2. The minimum Gasteiger partial charge on any atom is -0.384 e. The van der Waals surface area contributed by atoms with Crippen LogP contribution in [0.25, 0.3) is 20.8 Å². The Morgan fingerprint density at radius 3 is 3.10 bits per heavy atom. The molecule has 6 nitrogen and oxygen atoms in total. The van der Waals surface area contributed by atoms with Gasteiger partial charge in [-0.25, -0.2) is 4.98 Å². The first-order chi connectivity index (χ1) is 9.78. The normalized spacial score (nSPS) is 11.1. The maximum atomic E-state index is 5.86. The summed E-state index contributed by atoms with van der Waals surface area (Å²) in [6.07, 6.45) is 1.74. The highest BCUT2D eigenvalue weighted by molar-refractivity contribution is 7.22. The van der Waals surface area contributed by atoms with Crippen LogP contribution < -0.4 is 11.1 Å². The Bertz CT molecular complexity index is 707. The van der Waals surface area contributed by atoms with Crippen molar-refractivity contribution in [1.82, 2.24) is 15.2 Å². The molecule has 0 bridgehead atoms. The van der Waals surface area contributed by atoms with Gasteiger partial charge in [0, 0.05) is 25.9 Å². The van der Waals surface area contributed by atoms with Crippen LogP contribution in [0.4, 0.5) is 11.5 Å². The first-order valence-electron chi connectivity index (χ1n) is 6.20. The van der Waals surface area contributed by atoms with Crippen LogP contribution in [0.15, 0.2) is 24.4 Å². The van der Waals surface area contributed by atoms with Crippen LogP contribution in [0.3, 0.4) is 0 Å². The average molecular weight is 289 g/mol. The lowest BCUT2D eigenvalue weighted by atomic mass is 10.3. The van der Waals surface area contributed by atoms with Crippen molar-refractivity contribution in [2.24, 2.45) is 0 Å². The molecule has 0 atom stereocenters. The Balaban J connectivity index is 2.01. The van der Waals surface area contributed by atoms with E-state index in [4.69, 9.17) is 10.5 Å². The second-order valence-electron chi connectivity index (χ2n) is 4.31. The molecule has 0 aromatic carbocycles. The Morgan fingerprint density at radius 2 is 2.35 bits per heavy atom. The third kappa shape index (κ3) is 2.45. The van der Waals surface area contributed by atoms with E-state index in [0.29, 0.717) is 12.4 Å². The van der Waals surface area contributed by atoms with E-state index in [1.54, 1.807) is 24.6 Å². The SMILES string of the molecule is COCCNc1cc(N)nc2cc(-c3ccn[nH]3)sc12. The van der Waals surface area contributed by atoms with Crippen LogP contribution in [0.2, 0.25) is 0 Å². The van der Waals surface area contributed by atoms with Gasteiger partial charge in [0.1, 0.15) is 5.82 Å². The van der Waals surface area contributed by atoms with E-state index >= 15 is 0 Å². The molecule has 20 heavy (non-hydrogen) atoms. The molecule has 3 aromatic rings. The molecule has 4 N–H and O–H groups in total. The minimum absolute atomic E-state index is 0.506. The molecule has 7 heteroatoms. The predicted octanol–water partition coefficient (Wildman–Crippen LogP) is 2.33. The molecule has 0 amide bonds. The summed E-state index contributed by atoms with van der Waals surface area (Å²) < 4.78 is 6.13. The van der Waals surface area contributed by atoms with E-state index < -0.39 is 0 Å². The summed E-state index contributed by atoms with van der Waals surface area (Å²) in [5.74, 6) is 0.506. The predicted molar refractivity (Wildman–Crippen MR) is 82.0 cm³/mol. The Labute approximate surface area is 120 Å². The highest BCUT2D eigenvalue weighted by Crippen LogP contribution is 2.36. The van der Waals surface area contributed by atoms with Crippen molar-refractivity contribution in [2.45, 2.75) is 0 Å². The zero-order chi connectivity index (χ0) is 13.9. The van der Waals surface area contributed by atoms with E-state index in [-0.39, 0.29) is 0 Å². The number of pyridine rings is 1. The van der Waals surface area contributed by atoms with E-state index in [2.05, 4.69) is 20.5 Å². The van der Waals surface area contributed by atoms with Crippen LogP contribution in [-0.4, -0.2) is 35.4 Å². The number of methoxy groups -OCH3 is 1. The first-order valence-corrected chi connectivity index (χ1v) is 7.02. The highest BCUT2D eigenvalue weighted by Gasteiger charge is 2.11. The molecule has 104 valence electrons. The van der Waals surface area contributed by atoms with Crippen molar-refractivity contribution < 1.29 is 4.74 Å². The molecule has 0 fully saturated rings. The highest BCUT2D eigenvalue weighted by atomic mass is 32.1. The number of nitrogens with zero attached hydrogens (tertiary/aromatic N) is 2. The molecule has 0 saturated heterocycles. The fourth-order valence-electron chi connectivity index (χ4n) is 1.99. The van der Waals surface area contributed by atoms with Gasteiger partial charge >= 0.3 is 0 Å². The van der Waals surface area contributed by atoms with Gasteiger partial charge in [-0.3, -0.25) is 5.10 Å². The topological polar surface area (TPSA) is 88.8 Å². The molecule has 3 heterocycles. The smallest absolute Gasteiger partial charge is 0.126 e. The fourth-order valence-corrected chi connectivity index (χ4v) is 3.05. The van der Waals surface area contributed by atoms with Gasteiger partial charge < -0.3 is 15.8 Å². The maximum absolute atomic E-state index is 5.86. The summed E-state index contributed by atoms with van der Waals surface area (Å²) in [6.45, 7) is 1.37. The number of fused-ring (bicyclic) bond motifs is 1. The first kappa shape index (κ1) is 12.9. The third-order valence-corrected chi connectivity index (χ3v) is 4.08. The standard InChI is InChI=1S/C13H15N5OS/c1-19-5-4-15-9-7-12(14)17-10-6-11(20-13(9)10)8-2-3-16-18-8/h2-3,6-7H,4-5H2,1H3,(H,16,18)(H3,14,15,17). The Morgan fingerprint density at radius 1 is 1.45 bits per heavy atom. The third-order valence-electron chi connectivity index (χ3n) is 2.89. The summed E-state index contributed by atoms with van der Waals surface area (Å²) in [5.41, 5.74) is 8.71. The molecule has 0 spiro atoms. The molecule has 0 aliphatic heterocycles. The number of aromatic amines is 1. The fraction of sp³-hybridized carbons (Fsp3) is 0.231. The van der Waals surface area contributed by atoms with Crippen molar-refractivity contribution in [3.8, 4) is 10.6 Å². The zero-order valence-electron chi connectivity index (χ0n) is 11.0. The summed E-state index contributed by atoms with van der Waals surface area (Å²) in [7, 11) is 1.68. The molecule has 0 unspecified atom stereocenters. The van der Waals surface area contributed by atoms with Crippen molar-refractivity contribution in [2.75, 3.05) is 31.3 Å². The number of rotatable bonds is 5. The molecule has 3 aromatic heterocycles. The quantitative estimate of drug-likeness (QED) is 0.627. The van der Waals surface area contributed by atoms with Crippen LogP contribution >= 0.6 is 11.3 Å². The Kier molecular flexibility index (Phi) is 3.53. The Hall–Kier alpha value is -2.12. The molecule has 0 aliphatic carbocycles. The number of anilines is 2. The van der Waals surface area contributed by atoms with Gasteiger partial charge in [0.15, 0.2) is 0 Å². The van der Waals surface area contributed by atoms with E-state index in [1.165, 1.54) is 0 Å². The number of H-pyrrole nitrogens is 1. The number of ether oxygens (including phenoxy) is 1. The van der Waals surface area contributed by atoms with Crippen molar-refractivity contribution >= 4 is 33.1 Å². The molecule has 0 saturated carbocycles. The lowest BCUT2D eigenvalue weighted by Crippen LogP contribution is -2.08. The van der Waals surface area contributed by atoms with E-state index in [0.717, 1.165) is 33.0 Å². The molecule has 0 radical (unpaired) electrons. The number of hydrogen-bond acceptors (Lipinski definition) is 6. The van der Waals surface area contributed by atoms with Crippen LogP contribution in [0.1, 0.15) is 0 Å². The van der Waals surface area contributed by atoms with Gasteiger partial charge in [0.2, 0.25) is 0 Å². The summed E-state index contributed by atoms with van der Waals surface area (Å²) in [4.78, 5) is 5.47.